The number of nitrogens with zero attached hydrogens (tertiary/aromatic N) is 1. The molecule has 27 heavy (non-hydrogen) atoms. The van der Waals surface area contributed by atoms with E-state index in [2.05, 4.69) is 5.32 Å². The second-order valence-electron chi connectivity index (χ2n) is 5.86. The highest BCUT2D eigenvalue weighted by Crippen LogP contribution is 2.25. The lowest BCUT2D eigenvalue weighted by Crippen LogP contribution is -2.34. The van der Waals surface area contributed by atoms with Crippen molar-refractivity contribution in [3.8, 4) is 11.3 Å². The average Bonchev–Trinajstić information content (AvgIpc) is 3.11. The van der Waals surface area contributed by atoms with Crippen LogP contribution >= 0.6 is 0 Å². The summed E-state index contributed by atoms with van der Waals surface area (Å²) >= 11 is 0. The van der Waals surface area contributed by atoms with Crippen molar-refractivity contribution in [3.05, 3.63) is 78.1 Å². The maximum Gasteiger partial charge on any atom is 0.289 e. The van der Waals surface area contributed by atoms with Gasteiger partial charge in [0.1, 0.15) is 17.4 Å². The van der Waals surface area contributed by atoms with E-state index in [1.807, 2.05) is 0 Å². The number of furan rings is 1. The van der Waals surface area contributed by atoms with Crippen molar-refractivity contribution in [2.45, 2.75) is 0 Å². The Morgan fingerprint density at radius 2 is 1.81 bits per heavy atom. The highest BCUT2D eigenvalue weighted by molar-refractivity contribution is 5.98. The van der Waals surface area contributed by atoms with E-state index in [9.17, 15) is 18.4 Å². The van der Waals surface area contributed by atoms with Crippen molar-refractivity contribution in [2.75, 3.05) is 18.9 Å². The number of benzene rings is 2. The molecular formula is C20H16F2N2O3. The normalized spacial score (nSPS) is 10.5. The van der Waals surface area contributed by atoms with Gasteiger partial charge >= 0.3 is 0 Å². The zero-order chi connectivity index (χ0) is 19.4. The second-order valence-corrected chi connectivity index (χ2v) is 5.86. The standard InChI is InChI=1S/C20H16F2N2O3/c1-24(12-19(25)23-14-6-4-5-13(21)11-14)20(26)18-10-9-17(27-18)15-7-2-3-8-16(15)22/h2-11H,12H2,1H3,(H,23,25). The highest BCUT2D eigenvalue weighted by Gasteiger charge is 2.19. The fourth-order valence-electron chi connectivity index (χ4n) is 2.50. The molecule has 0 atom stereocenters. The number of carbonyl (C=O) groups is 2. The molecule has 0 fully saturated rings. The van der Waals surface area contributed by atoms with Crippen LogP contribution in [0.5, 0.6) is 0 Å². The molecule has 1 heterocycles. The average molecular weight is 370 g/mol. The molecule has 2 amide bonds. The quantitative estimate of drug-likeness (QED) is 0.740. The Kier molecular flexibility index (Phi) is 5.30. The molecule has 0 saturated heterocycles. The predicted octanol–water partition coefficient (Wildman–Crippen LogP) is 3.94. The Balaban J connectivity index is 1.65. The first-order valence-corrected chi connectivity index (χ1v) is 8.09. The number of hydrogen-bond donors (Lipinski definition) is 1. The largest absolute Gasteiger partial charge is 0.451 e. The van der Waals surface area contributed by atoms with Gasteiger partial charge in [-0.2, -0.15) is 0 Å². The van der Waals surface area contributed by atoms with Crippen LogP contribution in [-0.2, 0) is 4.79 Å². The molecule has 0 saturated carbocycles. The van der Waals surface area contributed by atoms with Crippen LogP contribution in [0.4, 0.5) is 14.5 Å². The smallest absolute Gasteiger partial charge is 0.289 e. The summed E-state index contributed by atoms with van der Waals surface area (Å²) in [6.07, 6.45) is 0. The number of carbonyl (C=O) groups excluding carboxylic acids is 2. The molecule has 0 aliphatic heterocycles. The van der Waals surface area contributed by atoms with Gasteiger partial charge in [0.15, 0.2) is 5.76 Å². The van der Waals surface area contributed by atoms with Gasteiger partial charge < -0.3 is 14.6 Å². The summed E-state index contributed by atoms with van der Waals surface area (Å²) in [7, 11) is 1.43. The molecule has 1 N–H and O–H groups in total. The summed E-state index contributed by atoms with van der Waals surface area (Å²) in [6, 6.07) is 14.4. The first-order chi connectivity index (χ1) is 12.9. The molecule has 0 bridgehead atoms. The van der Waals surface area contributed by atoms with Crippen LogP contribution in [-0.4, -0.2) is 30.3 Å². The van der Waals surface area contributed by atoms with Gasteiger partial charge in [0, 0.05) is 12.7 Å². The summed E-state index contributed by atoms with van der Waals surface area (Å²) in [6.45, 7) is -0.259. The minimum Gasteiger partial charge on any atom is -0.451 e. The van der Waals surface area contributed by atoms with E-state index in [1.54, 1.807) is 18.2 Å². The zero-order valence-corrected chi connectivity index (χ0v) is 14.4. The summed E-state index contributed by atoms with van der Waals surface area (Å²) < 4.78 is 32.4. The molecule has 3 rings (SSSR count). The Labute approximate surface area is 154 Å². The van der Waals surface area contributed by atoms with Gasteiger partial charge in [-0.1, -0.05) is 18.2 Å². The predicted molar refractivity (Wildman–Crippen MR) is 96.1 cm³/mol. The molecule has 2 aromatic carbocycles. The summed E-state index contributed by atoms with van der Waals surface area (Å²) in [5.41, 5.74) is 0.531. The minimum absolute atomic E-state index is 0.0192. The van der Waals surface area contributed by atoms with E-state index in [-0.39, 0.29) is 23.6 Å². The van der Waals surface area contributed by atoms with Crippen molar-refractivity contribution in [2.24, 2.45) is 0 Å². The van der Waals surface area contributed by atoms with Crippen LogP contribution in [0.2, 0.25) is 0 Å². The van der Waals surface area contributed by atoms with Gasteiger partial charge in [-0.05, 0) is 42.5 Å². The fourth-order valence-corrected chi connectivity index (χ4v) is 2.50. The van der Waals surface area contributed by atoms with E-state index < -0.39 is 23.4 Å². The van der Waals surface area contributed by atoms with Crippen molar-refractivity contribution in [1.29, 1.82) is 0 Å². The summed E-state index contributed by atoms with van der Waals surface area (Å²) in [5, 5.41) is 2.51. The number of anilines is 1. The lowest BCUT2D eigenvalue weighted by atomic mass is 10.1. The van der Waals surface area contributed by atoms with E-state index >= 15 is 0 Å². The fraction of sp³-hybridized carbons (Fsp3) is 0.100. The van der Waals surface area contributed by atoms with Gasteiger partial charge in [-0.25, -0.2) is 8.78 Å². The molecule has 0 aliphatic rings. The number of amides is 2. The van der Waals surface area contributed by atoms with Crippen molar-refractivity contribution in [1.82, 2.24) is 4.90 Å². The molecule has 3 aromatic rings. The van der Waals surface area contributed by atoms with Crippen LogP contribution in [0.15, 0.2) is 65.1 Å². The number of nitrogens with one attached hydrogen (secondary N) is 1. The second kappa shape index (κ2) is 7.82. The first-order valence-electron chi connectivity index (χ1n) is 8.09. The van der Waals surface area contributed by atoms with Gasteiger partial charge in [0.05, 0.1) is 12.1 Å². The zero-order valence-electron chi connectivity index (χ0n) is 14.4. The molecule has 0 radical (unpaired) electrons. The molecular weight excluding hydrogens is 354 g/mol. The van der Waals surface area contributed by atoms with Crippen LogP contribution in [0, 0.1) is 11.6 Å². The Bertz CT molecular complexity index is 985. The molecule has 138 valence electrons. The first kappa shape index (κ1) is 18.3. The lowest BCUT2D eigenvalue weighted by molar-refractivity contribution is -0.116. The maximum absolute atomic E-state index is 13.8. The third kappa shape index (κ3) is 4.38. The molecule has 5 nitrogen and oxygen atoms in total. The molecule has 0 aliphatic carbocycles. The Morgan fingerprint density at radius 1 is 1.04 bits per heavy atom. The Morgan fingerprint density at radius 3 is 2.56 bits per heavy atom. The van der Waals surface area contributed by atoms with Crippen molar-refractivity contribution >= 4 is 17.5 Å². The third-order valence-corrected chi connectivity index (χ3v) is 3.79. The van der Waals surface area contributed by atoms with Crippen molar-refractivity contribution in [3.63, 3.8) is 0 Å². The molecule has 1 aromatic heterocycles. The van der Waals surface area contributed by atoms with Crippen LogP contribution in [0.25, 0.3) is 11.3 Å². The number of hydrogen-bond acceptors (Lipinski definition) is 3. The van der Waals surface area contributed by atoms with Gasteiger partial charge in [0.25, 0.3) is 5.91 Å². The van der Waals surface area contributed by atoms with E-state index in [1.165, 1.54) is 49.5 Å². The maximum atomic E-state index is 13.8. The van der Waals surface area contributed by atoms with Gasteiger partial charge in [0.2, 0.25) is 5.91 Å². The van der Waals surface area contributed by atoms with E-state index in [0.717, 1.165) is 4.90 Å². The van der Waals surface area contributed by atoms with Gasteiger partial charge in [-0.15, -0.1) is 0 Å². The SMILES string of the molecule is CN(CC(=O)Nc1cccc(F)c1)C(=O)c1ccc(-c2ccccc2F)o1. The summed E-state index contributed by atoms with van der Waals surface area (Å²) in [5.74, 6) is -1.77. The number of rotatable bonds is 5. The monoisotopic (exact) mass is 370 g/mol. The third-order valence-electron chi connectivity index (χ3n) is 3.79. The number of likely N-dealkylation sites (N-methyl/N-ethyl adjacent to an activating group) is 1. The highest BCUT2D eigenvalue weighted by atomic mass is 19.1. The van der Waals surface area contributed by atoms with Crippen LogP contribution < -0.4 is 5.32 Å². The molecule has 0 spiro atoms. The number of halogens is 2. The lowest BCUT2D eigenvalue weighted by Gasteiger charge is -2.15. The minimum atomic E-state index is -0.535. The topological polar surface area (TPSA) is 62.6 Å². The van der Waals surface area contributed by atoms with Crippen LogP contribution in [0.1, 0.15) is 10.6 Å². The van der Waals surface area contributed by atoms with Crippen LogP contribution in [0.3, 0.4) is 0 Å². The Hall–Kier alpha value is -3.48. The van der Waals surface area contributed by atoms with Crippen molar-refractivity contribution < 1.29 is 22.8 Å². The molecule has 0 unspecified atom stereocenters. The van der Waals surface area contributed by atoms with Gasteiger partial charge in [-0.3, -0.25) is 9.59 Å². The molecule has 7 heteroatoms. The van der Waals surface area contributed by atoms with E-state index in [4.69, 9.17) is 4.42 Å². The van der Waals surface area contributed by atoms with E-state index in [0.29, 0.717) is 5.69 Å². The summed E-state index contributed by atoms with van der Waals surface area (Å²) in [4.78, 5) is 25.6.